The lowest BCUT2D eigenvalue weighted by Crippen LogP contribution is -2.32. The van der Waals surface area contributed by atoms with Crippen LogP contribution in [0.15, 0.2) is 42.5 Å². The van der Waals surface area contributed by atoms with Gasteiger partial charge in [0.1, 0.15) is 0 Å². The van der Waals surface area contributed by atoms with Crippen molar-refractivity contribution in [3.8, 4) is 11.5 Å². The number of amides is 1. The predicted octanol–water partition coefficient (Wildman–Crippen LogP) is 3.70. The molecular weight excluding hydrogens is 342 g/mol. The zero-order valence-corrected chi connectivity index (χ0v) is 15.5. The fourth-order valence-corrected chi connectivity index (χ4v) is 3.42. The van der Waals surface area contributed by atoms with Crippen LogP contribution in [0.5, 0.6) is 11.5 Å². The molecule has 142 valence electrons. The second-order valence-corrected chi connectivity index (χ2v) is 7.19. The van der Waals surface area contributed by atoms with Gasteiger partial charge in [-0.15, -0.1) is 0 Å². The molecule has 0 atom stereocenters. The van der Waals surface area contributed by atoms with Gasteiger partial charge in [-0.2, -0.15) is 0 Å². The first-order valence-corrected chi connectivity index (χ1v) is 9.46. The largest absolute Gasteiger partial charge is 0.454 e. The third-order valence-corrected chi connectivity index (χ3v) is 5.13. The van der Waals surface area contributed by atoms with Crippen LogP contribution in [0.3, 0.4) is 0 Å². The highest BCUT2D eigenvalue weighted by Crippen LogP contribution is 2.34. The number of nitrogens with one attached hydrogen (secondary N) is 2. The number of carbonyl (C=O) groups is 1. The molecule has 0 radical (unpaired) electrons. The standard InChI is InChI=1S/C21H25N3O3/c1-15-8-10-24(11-9-15)18-5-2-16(3-6-18)23-21(25)13-22-17-4-7-19-20(12-17)27-14-26-19/h2-7,12,15,22H,8-11,13-14H2,1H3,(H,23,25). The molecule has 0 saturated carbocycles. The van der Waals surface area contributed by atoms with Gasteiger partial charge in [0.25, 0.3) is 0 Å². The zero-order valence-electron chi connectivity index (χ0n) is 15.5. The van der Waals surface area contributed by atoms with E-state index in [1.807, 2.05) is 30.3 Å². The van der Waals surface area contributed by atoms with Crippen LogP contribution in [0.4, 0.5) is 17.1 Å². The molecule has 1 fully saturated rings. The number of piperidine rings is 1. The van der Waals surface area contributed by atoms with Crippen molar-refractivity contribution < 1.29 is 14.3 Å². The van der Waals surface area contributed by atoms with Gasteiger partial charge in [0.05, 0.1) is 6.54 Å². The van der Waals surface area contributed by atoms with Crippen LogP contribution in [0.1, 0.15) is 19.8 Å². The summed E-state index contributed by atoms with van der Waals surface area (Å²) in [5, 5.41) is 6.03. The molecule has 1 saturated heterocycles. The van der Waals surface area contributed by atoms with Gasteiger partial charge in [-0.05, 0) is 55.2 Å². The molecule has 2 N–H and O–H groups in total. The van der Waals surface area contributed by atoms with E-state index in [1.165, 1.54) is 18.5 Å². The van der Waals surface area contributed by atoms with E-state index >= 15 is 0 Å². The van der Waals surface area contributed by atoms with Crippen LogP contribution in [0.2, 0.25) is 0 Å². The maximum atomic E-state index is 12.2. The molecule has 2 aromatic carbocycles. The van der Waals surface area contributed by atoms with E-state index < -0.39 is 0 Å². The predicted molar refractivity (Wildman–Crippen MR) is 107 cm³/mol. The second kappa shape index (κ2) is 7.78. The van der Waals surface area contributed by atoms with Gasteiger partial charge in [0.15, 0.2) is 11.5 Å². The summed E-state index contributed by atoms with van der Waals surface area (Å²) >= 11 is 0. The maximum Gasteiger partial charge on any atom is 0.243 e. The third-order valence-electron chi connectivity index (χ3n) is 5.13. The summed E-state index contributed by atoms with van der Waals surface area (Å²) in [5.74, 6) is 2.15. The minimum Gasteiger partial charge on any atom is -0.454 e. The van der Waals surface area contributed by atoms with Crippen molar-refractivity contribution in [3.63, 3.8) is 0 Å². The molecule has 0 unspecified atom stereocenters. The molecule has 6 nitrogen and oxygen atoms in total. The Balaban J connectivity index is 1.28. The summed E-state index contributed by atoms with van der Waals surface area (Å²) in [7, 11) is 0. The number of anilines is 3. The summed E-state index contributed by atoms with van der Waals surface area (Å²) in [4.78, 5) is 14.6. The van der Waals surface area contributed by atoms with E-state index in [4.69, 9.17) is 9.47 Å². The monoisotopic (exact) mass is 367 g/mol. The maximum absolute atomic E-state index is 12.2. The Morgan fingerprint density at radius 3 is 2.52 bits per heavy atom. The van der Waals surface area contributed by atoms with Crippen LogP contribution < -0.4 is 25.0 Å². The molecule has 0 aliphatic carbocycles. The summed E-state index contributed by atoms with van der Waals surface area (Å²) in [6.45, 7) is 4.95. The number of rotatable bonds is 5. The summed E-state index contributed by atoms with van der Waals surface area (Å²) in [6, 6.07) is 13.6. The molecule has 6 heteroatoms. The van der Waals surface area contributed by atoms with Gasteiger partial charge < -0.3 is 25.0 Å². The third kappa shape index (κ3) is 4.27. The Kier molecular flexibility index (Phi) is 5.05. The van der Waals surface area contributed by atoms with Crippen LogP contribution in [0, 0.1) is 5.92 Å². The number of hydrogen-bond acceptors (Lipinski definition) is 5. The quantitative estimate of drug-likeness (QED) is 0.844. The van der Waals surface area contributed by atoms with Gasteiger partial charge in [-0.1, -0.05) is 6.92 Å². The molecule has 2 aliphatic heterocycles. The van der Waals surface area contributed by atoms with E-state index in [0.717, 1.165) is 36.1 Å². The SMILES string of the molecule is CC1CCN(c2ccc(NC(=O)CNc3ccc4c(c3)OCO4)cc2)CC1. The van der Waals surface area contributed by atoms with Crippen molar-refractivity contribution in [2.45, 2.75) is 19.8 Å². The molecule has 2 aliphatic rings. The second-order valence-electron chi connectivity index (χ2n) is 7.19. The van der Waals surface area contributed by atoms with E-state index in [1.54, 1.807) is 0 Å². The summed E-state index contributed by atoms with van der Waals surface area (Å²) in [5.41, 5.74) is 2.85. The lowest BCUT2D eigenvalue weighted by atomic mass is 9.99. The Morgan fingerprint density at radius 2 is 1.74 bits per heavy atom. The number of nitrogens with zero attached hydrogens (tertiary/aromatic N) is 1. The molecular formula is C21H25N3O3. The van der Waals surface area contributed by atoms with Crippen molar-refractivity contribution >= 4 is 23.0 Å². The molecule has 0 bridgehead atoms. The highest BCUT2D eigenvalue weighted by Gasteiger charge is 2.16. The first kappa shape index (κ1) is 17.5. The van der Waals surface area contributed by atoms with Crippen molar-refractivity contribution in [3.05, 3.63) is 42.5 Å². The van der Waals surface area contributed by atoms with Crippen molar-refractivity contribution in [1.29, 1.82) is 0 Å². The first-order valence-electron chi connectivity index (χ1n) is 9.46. The average Bonchev–Trinajstić information content (AvgIpc) is 3.15. The molecule has 1 amide bonds. The van der Waals surface area contributed by atoms with Gasteiger partial charge in [-0.3, -0.25) is 4.79 Å². The van der Waals surface area contributed by atoms with Crippen LogP contribution in [-0.2, 0) is 4.79 Å². The van der Waals surface area contributed by atoms with E-state index in [2.05, 4.69) is 34.6 Å². The summed E-state index contributed by atoms with van der Waals surface area (Å²) < 4.78 is 10.6. The fraction of sp³-hybridized carbons (Fsp3) is 0.381. The molecule has 4 rings (SSSR count). The number of benzene rings is 2. The van der Waals surface area contributed by atoms with Crippen LogP contribution in [-0.4, -0.2) is 32.3 Å². The number of hydrogen-bond donors (Lipinski definition) is 2. The van der Waals surface area contributed by atoms with Crippen LogP contribution >= 0.6 is 0 Å². The highest BCUT2D eigenvalue weighted by atomic mass is 16.7. The normalized spacial score (nSPS) is 16.3. The van der Waals surface area contributed by atoms with Gasteiger partial charge >= 0.3 is 0 Å². The van der Waals surface area contributed by atoms with E-state index in [-0.39, 0.29) is 19.2 Å². The van der Waals surface area contributed by atoms with Crippen molar-refractivity contribution in [1.82, 2.24) is 0 Å². The number of ether oxygens (including phenoxy) is 2. The Morgan fingerprint density at radius 1 is 1.04 bits per heavy atom. The minimum atomic E-state index is -0.0905. The number of carbonyl (C=O) groups excluding carboxylic acids is 1. The highest BCUT2D eigenvalue weighted by molar-refractivity contribution is 5.94. The summed E-state index contributed by atoms with van der Waals surface area (Å²) in [6.07, 6.45) is 2.48. The lowest BCUT2D eigenvalue weighted by Gasteiger charge is -2.32. The van der Waals surface area contributed by atoms with Gasteiger partial charge in [0, 0.05) is 36.2 Å². The molecule has 0 spiro atoms. The Hall–Kier alpha value is -2.89. The minimum absolute atomic E-state index is 0.0905. The van der Waals surface area contributed by atoms with E-state index in [0.29, 0.717) is 5.75 Å². The van der Waals surface area contributed by atoms with Crippen molar-refractivity contribution in [2.24, 2.45) is 5.92 Å². The smallest absolute Gasteiger partial charge is 0.243 e. The topological polar surface area (TPSA) is 62.8 Å². The molecule has 2 aromatic rings. The van der Waals surface area contributed by atoms with E-state index in [9.17, 15) is 4.79 Å². The molecule has 2 heterocycles. The molecule has 0 aromatic heterocycles. The Bertz CT molecular complexity index is 799. The lowest BCUT2D eigenvalue weighted by molar-refractivity contribution is -0.114. The number of fused-ring (bicyclic) bond motifs is 1. The Labute approximate surface area is 159 Å². The van der Waals surface area contributed by atoms with Gasteiger partial charge in [0.2, 0.25) is 12.7 Å². The van der Waals surface area contributed by atoms with Crippen LogP contribution in [0.25, 0.3) is 0 Å². The molecule has 27 heavy (non-hydrogen) atoms. The average molecular weight is 367 g/mol. The van der Waals surface area contributed by atoms with Crippen molar-refractivity contribution in [2.75, 3.05) is 42.0 Å². The fourth-order valence-electron chi connectivity index (χ4n) is 3.42. The van der Waals surface area contributed by atoms with Gasteiger partial charge in [-0.25, -0.2) is 0 Å². The zero-order chi connectivity index (χ0) is 18.6. The first-order chi connectivity index (χ1) is 13.2.